The first-order valence-corrected chi connectivity index (χ1v) is 10.0. The maximum absolute atomic E-state index is 12.7. The number of alkyl halides is 3. The molecule has 11 heteroatoms. The Hall–Kier alpha value is -3.47. The molecule has 0 spiro atoms. The van der Waals surface area contributed by atoms with Crippen LogP contribution in [-0.4, -0.2) is 31.8 Å². The van der Waals surface area contributed by atoms with Gasteiger partial charge in [-0.05, 0) is 37.1 Å². The summed E-state index contributed by atoms with van der Waals surface area (Å²) in [5, 5.41) is 2.89. The van der Waals surface area contributed by atoms with Crippen molar-refractivity contribution in [1.29, 1.82) is 0 Å². The number of hydrogen-bond donors (Lipinski definition) is 1. The van der Waals surface area contributed by atoms with Gasteiger partial charge >= 0.3 is 6.36 Å². The highest BCUT2D eigenvalue weighted by molar-refractivity contribution is 7.13. The van der Waals surface area contributed by atoms with Crippen molar-refractivity contribution in [1.82, 2.24) is 19.5 Å². The molecule has 0 radical (unpaired) electrons. The molecular formula is C20H16F3N5O2S. The molecule has 4 aromatic rings. The number of aryl methyl sites for hydroxylation is 2. The highest BCUT2D eigenvalue weighted by Crippen LogP contribution is 2.33. The van der Waals surface area contributed by atoms with Gasteiger partial charge in [-0.3, -0.25) is 4.79 Å². The van der Waals surface area contributed by atoms with Crippen LogP contribution in [0, 0.1) is 6.92 Å². The second kappa shape index (κ2) is 7.65. The molecule has 0 saturated heterocycles. The van der Waals surface area contributed by atoms with Gasteiger partial charge in [0.15, 0.2) is 16.6 Å². The fraction of sp³-hybridized carbons (Fsp3) is 0.200. The maximum Gasteiger partial charge on any atom is 0.573 e. The number of aromatic nitrogens is 4. The highest BCUT2D eigenvalue weighted by atomic mass is 32.1. The molecule has 0 saturated carbocycles. The number of amides is 1. The number of benzene rings is 1. The van der Waals surface area contributed by atoms with Gasteiger partial charge in [0.25, 0.3) is 5.91 Å². The third-order valence-electron chi connectivity index (χ3n) is 4.64. The van der Waals surface area contributed by atoms with Crippen molar-refractivity contribution in [2.24, 2.45) is 5.73 Å². The molecule has 0 unspecified atom stereocenters. The molecule has 4 rings (SSSR count). The Labute approximate surface area is 178 Å². The number of ether oxygens (including phenoxy) is 1. The van der Waals surface area contributed by atoms with E-state index in [0.717, 1.165) is 5.56 Å². The minimum absolute atomic E-state index is 0.121. The summed E-state index contributed by atoms with van der Waals surface area (Å²) in [4.78, 5) is 25.3. The van der Waals surface area contributed by atoms with Crippen LogP contribution < -0.4 is 10.5 Å². The molecule has 0 atom stereocenters. The topological polar surface area (TPSA) is 95.9 Å². The van der Waals surface area contributed by atoms with E-state index in [1.807, 2.05) is 6.92 Å². The monoisotopic (exact) mass is 447 g/mol. The van der Waals surface area contributed by atoms with Gasteiger partial charge in [-0.2, -0.15) is 0 Å². The van der Waals surface area contributed by atoms with Crippen LogP contribution >= 0.6 is 11.3 Å². The van der Waals surface area contributed by atoms with Gasteiger partial charge in [0, 0.05) is 23.2 Å². The van der Waals surface area contributed by atoms with Gasteiger partial charge in [-0.25, -0.2) is 15.0 Å². The number of carbonyl (C=O) groups excluding carboxylic acids is 1. The van der Waals surface area contributed by atoms with Crippen molar-refractivity contribution < 1.29 is 22.7 Å². The first kappa shape index (κ1) is 20.8. The molecular weight excluding hydrogens is 431 g/mol. The zero-order valence-corrected chi connectivity index (χ0v) is 17.2. The second-order valence-electron chi connectivity index (χ2n) is 6.64. The van der Waals surface area contributed by atoms with E-state index in [2.05, 4.69) is 19.7 Å². The van der Waals surface area contributed by atoms with Gasteiger partial charge in [-0.15, -0.1) is 24.5 Å². The standard InChI is InChI=1S/C20H16F3N5O2S/c1-3-11-9-28(14-5-4-12(8-13(11)14)30-20(21,22)23)18-15(16(24)29)10(2)26-17(27-18)19-25-6-7-31-19/h4-9H,3H2,1-2H3,(H2,24,29). The van der Waals surface area contributed by atoms with E-state index in [1.165, 1.54) is 29.5 Å². The van der Waals surface area contributed by atoms with Crippen LogP contribution in [0.1, 0.15) is 28.5 Å². The van der Waals surface area contributed by atoms with Crippen LogP contribution in [0.25, 0.3) is 27.6 Å². The molecule has 31 heavy (non-hydrogen) atoms. The van der Waals surface area contributed by atoms with Crippen LogP contribution in [0.3, 0.4) is 0 Å². The van der Waals surface area contributed by atoms with E-state index in [-0.39, 0.29) is 17.1 Å². The normalized spacial score (nSPS) is 11.8. The predicted octanol–water partition coefficient (Wildman–Crippen LogP) is 4.41. The minimum Gasteiger partial charge on any atom is -0.406 e. The molecule has 160 valence electrons. The molecule has 3 heterocycles. The summed E-state index contributed by atoms with van der Waals surface area (Å²) in [7, 11) is 0. The molecule has 0 aliphatic rings. The quantitative estimate of drug-likeness (QED) is 0.489. The van der Waals surface area contributed by atoms with Gasteiger partial charge in [-0.1, -0.05) is 6.92 Å². The summed E-state index contributed by atoms with van der Waals surface area (Å²) >= 11 is 1.34. The third kappa shape index (κ3) is 3.96. The summed E-state index contributed by atoms with van der Waals surface area (Å²) in [6, 6.07) is 4.02. The third-order valence-corrected chi connectivity index (χ3v) is 5.41. The van der Waals surface area contributed by atoms with E-state index in [1.54, 1.807) is 29.3 Å². The van der Waals surface area contributed by atoms with Gasteiger partial charge in [0.1, 0.15) is 11.3 Å². The lowest BCUT2D eigenvalue weighted by molar-refractivity contribution is -0.274. The smallest absolute Gasteiger partial charge is 0.406 e. The number of carbonyl (C=O) groups is 1. The zero-order valence-electron chi connectivity index (χ0n) is 16.4. The number of nitrogens with two attached hydrogens (primary N) is 1. The summed E-state index contributed by atoms with van der Waals surface area (Å²) in [6.45, 7) is 3.52. The van der Waals surface area contributed by atoms with E-state index in [4.69, 9.17) is 5.73 Å². The number of primary amides is 1. The number of rotatable bonds is 5. The van der Waals surface area contributed by atoms with E-state index >= 15 is 0 Å². The lowest BCUT2D eigenvalue weighted by Gasteiger charge is -2.13. The van der Waals surface area contributed by atoms with Crippen molar-refractivity contribution in [2.75, 3.05) is 0 Å². The first-order valence-electron chi connectivity index (χ1n) is 9.16. The highest BCUT2D eigenvalue weighted by Gasteiger charge is 2.31. The molecule has 0 fully saturated rings. The summed E-state index contributed by atoms with van der Waals surface area (Å²) in [5.74, 6) is -0.483. The minimum atomic E-state index is -4.80. The molecule has 1 amide bonds. The molecule has 0 aliphatic carbocycles. The molecule has 0 bridgehead atoms. The number of hydrogen-bond acceptors (Lipinski definition) is 6. The molecule has 2 N–H and O–H groups in total. The Morgan fingerprint density at radius 1 is 1.29 bits per heavy atom. The molecule has 7 nitrogen and oxygen atoms in total. The van der Waals surface area contributed by atoms with Crippen molar-refractivity contribution in [3.63, 3.8) is 0 Å². The molecule has 3 aromatic heterocycles. The zero-order chi connectivity index (χ0) is 22.3. The Morgan fingerprint density at radius 2 is 2.06 bits per heavy atom. The number of halogens is 3. The van der Waals surface area contributed by atoms with Crippen LogP contribution in [0.15, 0.2) is 36.0 Å². The Kier molecular flexibility index (Phi) is 5.13. The number of nitrogens with zero attached hydrogens (tertiary/aromatic N) is 4. The molecule has 1 aromatic carbocycles. The van der Waals surface area contributed by atoms with Crippen molar-refractivity contribution in [2.45, 2.75) is 26.6 Å². The lowest BCUT2D eigenvalue weighted by Crippen LogP contribution is -2.19. The van der Waals surface area contributed by atoms with Crippen LogP contribution in [0.2, 0.25) is 0 Å². The lowest BCUT2D eigenvalue weighted by atomic mass is 10.1. The number of thiazole rings is 1. The summed E-state index contributed by atoms with van der Waals surface area (Å²) in [5.41, 5.74) is 7.41. The Morgan fingerprint density at radius 3 is 2.68 bits per heavy atom. The van der Waals surface area contributed by atoms with E-state index in [0.29, 0.717) is 33.8 Å². The van der Waals surface area contributed by atoms with Crippen molar-refractivity contribution >= 4 is 28.1 Å². The second-order valence-corrected chi connectivity index (χ2v) is 7.53. The summed E-state index contributed by atoms with van der Waals surface area (Å²) in [6.07, 6.45) is -0.924. The fourth-order valence-electron chi connectivity index (χ4n) is 3.38. The Bertz CT molecular complexity index is 1280. The largest absolute Gasteiger partial charge is 0.573 e. The van der Waals surface area contributed by atoms with Gasteiger partial charge in [0.05, 0.1) is 11.2 Å². The van der Waals surface area contributed by atoms with Crippen LogP contribution in [-0.2, 0) is 6.42 Å². The molecule has 0 aliphatic heterocycles. The van der Waals surface area contributed by atoms with Gasteiger partial charge in [0.2, 0.25) is 0 Å². The van der Waals surface area contributed by atoms with Crippen molar-refractivity contribution in [3.8, 4) is 22.4 Å². The summed E-state index contributed by atoms with van der Waals surface area (Å²) < 4.78 is 43.7. The first-order chi connectivity index (χ1) is 14.7. The van der Waals surface area contributed by atoms with E-state index in [9.17, 15) is 18.0 Å². The van der Waals surface area contributed by atoms with E-state index < -0.39 is 12.3 Å². The fourth-order valence-corrected chi connectivity index (χ4v) is 3.95. The number of fused-ring (bicyclic) bond motifs is 1. The average Bonchev–Trinajstić information content (AvgIpc) is 3.33. The van der Waals surface area contributed by atoms with Crippen LogP contribution in [0.5, 0.6) is 5.75 Å². The maximum atomic E-state index is 12.7. The van der Waals surface area contributed by atoms with Crippen molar-refractivity contribution in [3.05, 3.63) is 52.8 Å². The predicted molar refractivity (Wildman–Crippen MR) is 109 cm³/mol. The average molecular weight is 447 g/mol. The van der Waals surface area contributed by atoms with Crippen LogP contribution in [0.4, 0.5) is 13.2 Å². The SMILES string of the molecule is CCc1cn(-c2nc(-c3nccs3)nc(C)c2C(N)=O)c2ccc(OC(F)(F)F)cc12. The Balaban J connectivity index is 1.97. The van der Waals surface area contributed by atoms with Gasteiger partial charge < -0.3 is 15.0 Å².